The van der Waals surface area contributed by atoms with E-state index in [1.807, 2.05) is 0 Å². The van der Waals surface area contributed by atoms with Crippen LogP contribution in [0.3, 0.4) is 0 Å². The van der Waals surface area contributed by atoms with Crippen LogP contribution in [0.1, 0.15) is 45.1 Å². The molecule has 0 saturated carbocycles. The third-order valence-corrected chi connectivity index (χ3v) is 5.43. The molecular weight excluding hydrogens is 329 g/mol. The number of amides is 1. The van der Waals surface area contributed by atoms with Crippen molar-refractivity contribution in [2.45, 2.75) is 39.5 Å². The number of thioether (sulfide) groups is 1. The van der Waals surface area contributed by atoms with Crippen LogP contribution in [-0.4, -0.2) is 21.7 Å². The average molecular weight is 352 g/mol. The summed E-state index contributed by atoms with van der Waals surface area (Å²) in [5, 5.41) is 0. The fourth-order valence-electron chi connectivity index (χ4n) is 2.57. The minimum absolute atomic E-state index is 0.0989. The summed E-state index contributed by atoms with van der Waals surface area (Å²) in [5.74, 6) is 0.0376. The Morgan fingerprint density at radius 1 is 1.35 bits per heavy atom. The van der Waals surface area contributed by atoms with Crippen molar-refractivity contribution in [1.29, 1.82) is 0 Å². The molecule has 0 aliphatic carbocycles. The molecule has 1 heterocycles. The summed E-state index contributed by atoms with van der Waals surface area (Å²) in [6.07, 6.45) is 6.06. The van der Waals surface area contributed by atoms with E-state index in [1.165, 1.54) is 24.2 Å². The number of thiocarbonyl (C=S) groups is 1. The van der Waals surface area contributed by atoms with E-state index in [9.17, 15) is 9.18 Å². The minimum Gasteiger partial charge on any atom is -0.293 e. The van der Waals surface area contributed by atoms with E-state index in [4.69, 9.17) is 12.2 Å². The first-order valence-corrected chi connectivity index (χ1v) is 9.29. The number of unbranched alkanes of at least 4 members (excludes halogenated alkanes) is 1. The highest BCUT2D eigenvalue weighted by Gasteiger charge is 2.33. The molecule has 1 aliphatic heterocycles. The van der Waals surface area contributed by atoms with Gasteiger partial charge >= 0.3 is 0 Å². The molecule has 1 aliphatic rings. The topological polar surface area (TPSA) is 20.3 Å². The summed E-state index contributed by atoms with van der Waals surface area (Å²) >= 11 is 6.62. The predicted molar refractivity (Wildman–Crippen MR) is 99.6 cm³/mol. The van der Waals surface area contributed by atoms with Gasteiger partial charge in [0.2, 0.25) is 0 Å². The summed E-state index contributed by atoms with van der Waals surface area (Å²) in [7, 11) is 0. The van der Waals surface area contributed by atoms with Crippen molar-refractivity contribution in [2.24, 2.45) is 5.92 Å². The summed E-state index contributed by atoms with van der Waals surface area (Å²) in [6, 6.07) is 6.45. The molecule has 1 atom stereocenters. The molecular formula is C18H22FNOS2. The van der Waals surface area contributed by atoms with Crippen molar-refractivity contribution < 1.29 is 9.18 Å². The Labute approximate surface area is 147 Å². The van der Waals surface area contributed by atoms with Gasteiger partial charge < -0.3 is 0 Å². The molecule has 2 rings (SSSR count). The van der Waals surface area contributed by atoms with Crippen molar-refractivity contribution in [3.8, 4) is 0 Å². The van der Waals surface area contributed by atoms with Crippen LogP contribution < -0.4 is 0 Å². The van der Waals surface area contributed by atoms with Crippen LogP contribution in [0.2, 0.25) is 0 Å². The van der Waals surface area contributed by atoms with Gasteiger partial charge in [-0.05, 0) is 24.5 Å². The lowest BCUT2D eigenvalue weighted by atomic mass is 9.99. The highest BCUT2D eigenvalue weighted by atomic mass is 32.2. The third-order valence-electron chi connectivity index (χ3n) is 4.05. The number of hydrogen-bond acceptors (Lipinski definition) is 3. The summed E-state index contributed by atoms with van der Waals surface area (Å²) < 4.78 is 14.3. The molecule has 0 bridgehead atoms. The van der Waals surface area contributed by atoms with Crippen LogP contribution in [-0.2, 0) is 4.79 Å². The second kappa shape index (κ2) is 8.60. The van der Waals surface area contributed by atoms with Gasteiger partial charge in [0.15, 0.2) is 0 Å². The second-order valence-electron chi connectivity index (χ2n) is 5.73. The zero-order valence-corrected chi connectivity index (χ0v) is 15.2. The molecule has 0 unspecified atom stereocenters. The number of benzene rings is 1. The Bertz CT molecular complexity index is 615. The Kier molecular flexibility index (Phi) is 6.78. The summed E-state index contributed by atoms with van der Waals surface area (Å²) in [4.78, 5) is 14.8. The third kappa shape index (κ3) is 4.64. The molecule has 2 nitrogen and oxygen atoms in total. The van der Waals surface area contributed by atoms with Crippen LogP contribution >= 0.6 is 24.0 Å². The minimum atomic E-state index is -0.327. The van der Waals surface area contributed by atoms with Gasteiger partial charge in [0, 0.05) is 12.1 Å². The van der Waals surface area contributed by atoms with E-state index in [0.29, 0.717) is 27.3 Å². The van der Waals surface area contributed by atoms with Crippen LogP contribution in [0.25, 0.3) is 6.08 Å². The lowest BCUT2D eigenvalue weighted by Gasteiger charge is -2.21. The van der Waals surface area contributed by atoms with Gasteiger partial charge in [-0.15, -0.1) is 0 Å². The predicted octanol–water partition coefficient (Wildman–Crippen LogP) is 5.24. The Morgan fingerprint density at radius 3 is 2.74 bits per heavy atom. The van der Waals surface area contributed by atoms with E-state index in [-0.39, 0.29) is 11.7 Å². The normalized spacial score (nSPS) is 18.0. The number of carbonyl (C=O) groups is 1. The fraction of sp³-hybridized carbons (Fsp3) is 0.444. The van der Waals surface area contributed by atoms with Crippen LogP contribution in [0, 0.1) is 11.7 Å². The SMILES string of the molecule is CCCC[C@@H](CC)CN1C(=O)/C(=C/c2ccccc2F)SC1=S. The van der Waals surface area contributed by atoms with E-state index in [0.717, 1.165) is 19.3 Å². The highest BCUT2D eigenvalue weighted by molar-refractivity contribution is 8.26. The molecule has 1 fully saturated rings. The van der Waals surface area contributed by atoms with E-state index >= 15 is 0 Å². The Balaban J connectivity index is 2.12. The molecule has 23 heavy (non-hydrogen) atoms. The van der Waals surface area contributed by atoms with Crippen molar-refractivity contribution in [3.63, 3.8) is 0 Å². The van der Waals surface area contributed by atoms with Crippen LogP contribution in [0.5, 0.6) is 0 Å². The molecule has 1 aromatic rings. The molecule has 0 aromatic heterocycles. The first-order chi connectivity index (χ1) is 11.1. The number of nitrogens with zero attached hydrogens (tertiary/aromatic N) is 1. The lowest BCUT2D eigenvalue weighted by molar-refractivity contribution is -0.122. The average Bonchev–Trinajstić information content (AvgIpc) is 2.80. The van der Waals surface area contributed by atoms with Gasteiger partial charge in [0.05, 0.1) is 4.91 Å². The zero-order valence-electron chi connectivity index (χ0n) is 13.5. The monoisotopic (exact) mass is 351 g/mol. The highest BCUT2D eigenvalue weighted by Crippen LogP contribution is 2.34. The van der Waals surface area contributed by atoms with Gasteiger partial charge in [-0.25, -0.2) is 4.39 Å². The molecule has 1 amide bonds. The maximum Gasteiger partial charge on any atom is 0.266 e. The molecule has 0 spiro atoms. The van der Waals surface area contributed by atoms with Crippen molar-refractivity contribution in [3.05, 3.63) is 40.6 Å². The maximum absolute atomic E-state index is 13.8. The van der Waals surface area contributed by atoms with E-state index in [1.54, 1.807) is 29.2 Å². The fourth-order valence-corrected chi connectivity index (χ4v) is 3.83. The molecule has 124 valence electrons. The maximum atomic E-state index is 13.8. The van der Waals surface area contributed by atoms with Gasteiger partial charge in [-0.3, -0.25) is 9.69 Å². The first-order valence-electron chi connectivity index (χ1n) is 8.06. The number of halogens is 1. The lowest BCUT2D eigenvalue weighted by Crippen LogP contribution is -2.33. The molecule has 5 heteroatoms. The van der Waals surface area contributed by atoms with Crippen LogP contribution in [0.4, 0.5) is 4.39 Å². The van der Waals surface area contributed by atoms with Gasteiger partial charge in [-0.1, -0.05) is 75.3 Å². The van der Waals surface area contributed by atoms with Crippen molar-refractivity contribution in [1.82, 2.24) is 4.90 Å². The second-order valence-corrected chi connectivity index (χ2v) is 7.41. The first kappa shape index (κ1) is 18.1. The summed E-state index contributed by atoms with van der Waals surface area (Å²) in [6.45, 7) is 4.98. The van der Waals surface area contributed by atoms with Crippen LogP contribution in [0.15, 0.2) is 29.2 Å². The number of carbonyl (C=O) groups excluding carboxylic acids is 1. The van der Waals surface area contributed by atoms with Crippen molar-refractivity contribution >= 4 is 40.3 Å². The van der Waals surface area contributed by atoms with Gasteiger partial charge in [0.1, 0.15) is 10.1 Å². The molecule has 0 radical (unpaired) electrons. The van der Waals surface area contributed by atoms with Gasteiger partial charge in [-0.2, -0.15) is 0 Å². The number of hydrogen-bond donors (Lipinski definition) is 0. The molecule has 1 saturated heterocycles. The Hall–Kier alpha value is -1.20. The summed E-state index contributed by atoms with van der Waals surface area (Å²) in [5.41, 5.74) is 0.422. The standard InChI is InChI=1S/C18H22FNOS2/c1-3-5-8-13(4-2)12-20-17(21)16(23-18(20)22)11-14-9-6-7-10-15(14)19/h6-7,9-11,13H,3-5,8,12H2,1-2H3/b16-11-/t13-/m1/s1. The zero-order chi connectivity index (χ0) is 16.8. The van der Waals surface area contributed by atoms with Crippen molar-refractivity contribution in [2.75, 3.05) is 6.54 Å². The quantitative estimate of drug-likeness (QED) is 0.495. The van der Waals surface area contributed by atoms with Gasteiger partial charge in [0.25, 0.3) is 5.91 Å². The molecule has 1 aromatic carbocycles. The Morgan fingerprint density at radius 2 is 2.09 bits per heavy atom. The van der Waals surface area contributed by atoms with E-state index < -0.39 is 0 Å². The largest absolute Gasteiger partial charge is 0.293 e. The smallest absolute Gasteiger partial charge is 0.266 e. The molecule has 0 N–H and O–H groups in total. The number of rotatable bonds is 7. The van der Waals surface area contributed by atoms with E-state index in [2.05, 4.69) is 13.8 Å².